The van der Waals surface area contributed by atoms with Gasteiger partial charge in [0.25, 0.3) is 0 Å². The Hall–Kier alpha value is -0.660. The second-order valence-electron chi connectivity index (χ2n) is 2.38. The van der Waals surface area contributed by atoms with Crippen LogP contribution < -0.4 is 5.48 Å². The van der Waals surface area contributed by atoms with Gasteiger partial charge in [-0.3, -0.25) is 0 Å². The largest absolute Gasteiger partial charge is 0.316 e. The molecule has 0 spiro atoms. The van der Waals surface area contributed by atoms with Crippen molar-refractivity contribution >= 4 is 15.9 Å². The van der Waals surface area contributed by atoms with Crippen molar-refractivity contribution in [3.63, 3.8) is 0 Å². The Kier molecular flexibility index (Phi) is 3.46. The van der Waals surface area contributed by atoms with Gasteiger partial charge in [-0.1, -0.05) is 0 Å². The average Bonchev–Trinajstić information content (AvgIpc) is 2.19. The molecule has 7 heteroatoms. The van der Waals surface area contributed by atoms with Gasteiger partial charge in [0.2, 0.25) is 0 Å². The summed E-state index contributed by atoms with van der Waals surface area (Å²) in [7, 11) is 0. The summed E-state index contributed by atoms with van der Waals surface area (Å²) < 4.78 is 50.6. The van der Waals surface area contributed by atoms with Crippen LogP contribution in [0.25, 0.3) is 0 Å². The Morgan fingerprint density at radius 2 is 1.43 bits per heavy atom. The molecule has 0 amide bonds. The molecular formula is C7H4BrF4NO. The first kappa shape index (κ1) is 11.4. The van der Waals surface area contributed by atoms with Crippen molar-refractivity contribution in [2.24, 2.45) is 0 Å². The van der Waals surface area contributed by atoms with Crippen LogP contribution >= 0.6 is 15.9 Å². The van der Waals surface area contributed by atoms with Gasteiger partial charge in [-0.25, -0.2) is 23.0 Å². The van der Waals surface area contributed by atoms with Gasteiger partial charge in [-0.15, -0.1) is 0 Å². The number of halogens is 5. The molecule has 0 heterocycles. The molecule has 0 atom stereocenters. The summed E-state index contributed by atoms with van der Waals surface area (Å²) in [6, 6.07) is 0. The third kappa shape index (κ3) is 1.75. The highest BCUT2D eigenvalue weighted by molar-refractivity contribution is 9.10. The van der Waals surface area contributed by atoms with Gasteiger partial charge in [0.05, 0.1) is 11.0 Å². The SMILES string of the molecule is ONCc1c(F)c(F)c(Br)c(F)c1F. The lowest BCUT2D eigenvalue weighted by Crippen LogP contribution is -2.13. The van der Waals surface area contributed by atoms with E-state index in [1.807, 2.05) is 0 Å². The van der Waals surface area contributed by atoms with Crippen molar-refractivity contribution in [2.75, 3.05) is 0 Å². The normalized spacial score (nSPS) is 10.7. The standard InChI is InChI=1S/C7H4BrF4NO/c8-3-6(11)4(9)2(1-13-14)5(10)7(3)12/h13-14H,1H2. The van der Waals surface area contributed by atoms with Crippen LogP contribution in [0.4, 0.5) is 17.6 Å². The first-order valence-electron chi connectivity index (χ1n) is 3.38. The second kappa shape index (κ2) is 4.24. The smallest absolute Gasteiger partial charge is 0.176 e. The fourth-order valence-corrected chi connectivity index (χ4v) is 1.23. The minimum Gasteiger partial charge on any atom is -0.316 e. The predicted octanol–water partition coefficient (Wildman–Crippen LogP) is 2.48. The van der Waals surface area contributed by atoms with Crippen molar-refractivity contribution in [2.45, 2.75) is 6.54 Å². The van der Waals surface area contributed by atoms with Crippen LogP contribution in [0.1, 0.15) is 5.56 Å². The summed E-state index contributed by atoms with van der Waals surface area (Å²) in [5, 5.41) is 8.18. The third-order valence-corrected chi connectivity index (χ3v) is 2.25. The maximum absolute atomic E-state index is 12.9. The van der Waals surface area contributed by atoms with Crippen molar-refractivity contribution in [1.29, 1.82) is 0 Å². The number of nitrogens with one attached hydrogen (secondary N) is 1. The van der Waals surface area contributed by atoms with E-state index in [-0.39, 0.29) is 0 Å². The molecule has 0 aliphatic rings. The molecular weight excluding hydrogens is 270 g/mol. The lowest BCUT2D eigenvalue weighted by atomic mass is 10.2. The Labute approximate surface area is 84.6 Å². The topological polar surface area (TPSA) is 32.3 Å². The van der Waals surface area contributed by atoms with Gasteiger partial charge in [0, 0.05) is 5.56 Å². The Balaban J connectivity index is 3.43. The van der Waals surface area contributed by atoms with Gasteiger partial charge in [0.1, 0.15) is 0 Å². The van der Waals surface area contributed by atoms with Crippen molar-refractivity contribution in [3.8, 4) is 0 Å². The molecule has 2 nitrogen and oxygen atoms in total. The van der Waals surface area contributed by atoms with Crippen LogP contribution in [0, 0.1) is 23.3 Å². The van der Waals surface area contributed by atoms with Crippen LogP contribution in [-0.4, -0.2) is 5.21 Å². The quantitative estimate of drug-likeness (QED) is 0.376. The molecule has 0 radical (unpaired) electrons. The van der Waals surface area contributed by atoms with E-state index in [0.29, 0.717) is 0 Å². The summed E-state index contributed by atoms with van der Waals surface area (Å²) in [4.78, 5) is 0. The van der Waals surface area contributed by atoms with E-state index < -0.39 is 39.8 Å². The van der Waals surface area contributed by atoms with Crippen LogP contribution in [0.15, 0.2) is 4.47 Å². The maximum atomic E-state index is 12.9. The van der Waals surface area contributed by atoms with Crippen molar-refractivity contribution < 1.29 is 22.8 Å². The lowest BCUT2D eigenvalue weighted by Gasteiger charge is -2.07. The number of hydrogen-bond acceptors (Lipinski definition) is 2. The van der Waals surface area contributed by atoms with E-state index in [9.17, 15) is 17.6 Å². The van der Waals surface area contributed by atoms with Gasteiger partial charge in [-0.05, 0) is 15.9 Å². The number of rotatable bonds is 2. The van der Waals surface area contributed by atoms with E-state index in [2.05, 4.69) is 15.9 Å². The number of hydrogen-bond donors (Lipinski definition) is 2. The molecule has 0 fully saturated rings. The van der Waals surface area contributed by atoms with Crippen LogP contribution in [0.2, 0.25) is 0 Å². The van der Waals surface area contributed by atoms with E-state index in [0.717, 1.165) is 0 Å². The minimum atomic E-state index is -1.54. The summed E-state index contributed by atoms with van der Waals surface area (Å²) in [6.45, 7) is -0.723. The Morgan fingerprint density at radius 1 is 1.00 bits per heavy atom. The van der Waals surface area contributed by atoms with Crippen LogP contribution in [0.3, 0.4) is 0 Å². The molecule has 0 aliphatic heterocycles. The Morgan fingerprint density at radius 3 is 1.79 bits per heavy atom. The maximum Gasteiger partial charge on any atom is 0.176 e. The lowest BCUT2D eigenvalue weighted by molar-refractivity contribution is 0.157. The van der Waals surface area contributed by atoms with Gasteiger partial charge < -0.3 is 5.21 Å². The molecule has 0 unspecified atom stereocenters. The van der Waals surface area contributed by atoms with Crippen LogP contribution in [0.5, 0.6) is 0 Å². The summed E-state index contributed by atoms with van der Waals surface area (Å²) in [6.07, 6.45) is 0. The molecule has 1 aromatic carbocycles. The van der Waals surface area contributed by atoms with E-state index >= 15 is 0 Å². The van der Waals surface area contributed by atoms with E-state index in [1.54, 1.807) is 0 Å². The molecule has 0 bridgehead atoms. The van der Waals surface area contributed by atoms with E-state index in [1.165, 1.54) is 5.48 Å². The molecule has 14 heavy (non-hydrogen) atoms. The zero-order valence-corrected chi connectivity index (χ0v) is 8.13. The molecule has 0 aromatic heterocycles. The molecule has 1 aromatic rings. The molecule has 78 valence electrons. The third-order valence-electron chi connectivity index (χ3n) is 1.56. The van der Waals surface area contributed by atoms with Gasteiger partial charge in [0.15, 0.2) is 23.3 Å². The molecule has 2 N–H and O–H groups in total. The first-order chi connectivity index (χ1) is 6.50. The Bertz CT molecular complexity index is 342. The average molecular weight is 274 g/mol. The first-order valence-corrected chi connectivity index (χ1v) is 4.17. The van der Waals surface area contributed by atoms with Gasteiger partial charge in [-0.2, -0.15) is 0 Å². The number of hydroxylamine groups is 1. The fraction of sp³-hybridized carbons (Fsp3) is 0.143. The summed E-state index contributed by atoms with van der Waals surface area (Å²) in [5.74, 6) is -6.15. The van der Waals surface area contributed by atoms with Gasteiger partial charge >= 0.3 is 0 Å². The summed E-state index contributed by atoms with van der Waals surface area (Å²) >= 11 is 2.35. The summed E-state index contributed by atoms with van der Waals surface area (Å²) in [5.41, 5.74) is 0.513. The molecule has 0 aliphatic carbocycles. The van der Waals surface area contributed by atoms with Crippen LogP contribution in [-0.2, 0) is 6.54 Å². The van der Waals surface area contributed by atoms with E-state index in [4.69, 9.17) is 5.21 Å². The highest BCUT2D eigenvalue weighted by Crippen LogP contribution is 2.27. The zero-order chi connectivity index (χ0) is 10.9. The molecule has 1 rings (SSSR count). The number of benzene rings is 1. The fourth-order valence-electron chi connectivity index (χ4n) is 0.885. The zero-order valence-electron chi connectivity index (χ0n) is 6.54. The monoisotopic (exact) mass is 273 g/mol. The predicted molar refractivity (Wildman–Crippen MR) is 42.6 cm³/mol. The highest BCUT2D eigenvalue weighted by atomic mass is 79.9. The molecule has 0 saturated heterocycles. The van der Waals surface area contributed by atoms with Crippen molar-refractivity contribution in [3.05, 3.63) is 33.3 Å². The molecule has 0 saturated carbocycles. The minimum absolute atomic E-state index is 0.723. The van der Waals surface area contributed by atoms with Crippen molar-refractivity contribution in [1.82, 2.24) is 5.48 Å². The second-order valence-corrected chi connectivity index (χ2v) is 3.18. The highest BCUT2D eigenvalue weighted by Gasteiger charge is 2.23.